The Hall–Kier alpha value is -2.18. The highest BCUT2D eigenvalue weighted by atomic mass is 16.5. The van der Waals surface area contributed by atoms with Gasteiger partial charge in [-0.3, -0.25) is 9.59 Å². The Kier molecular flexibility index (Phi) is 5.69. The lowest BCUT2D eigenvalue weighted by molar-refractivity contribution is -0.121. The number of urea groups is 1. The Balaban J connectivity index is 1.99. The van der Waals surface area contributed by atoms with Crippen molar-refractivity contribution in [2.24, 2.45) is 0 Å². The van der Waals surface area contributed by atoms with Crippen molar-refractivity contribution in [2.75, 3.05) is 5.73 Å². The van der Waals surface area contributed by atoms with Gasteiger partial charge in [0, 0.05) is 11.7 Å². The van der Waals surface area contributed by atoms with Crippen LogP contribution in [-0.4, -0.2) is 25.6 Å². The fourth-order valence-electron chi connectivity index (χ4n) is 2.67. The fourth-order valence-corrected chi connectivity index (χ4v) is 2.67. The third kappa shape index (κ3) is 4.41. The topological polar surface area (TPSA) is 93.5 Å². The summed E-state index contributed by atoms with van der Waals surface area (Å²) >= 11 is 0. The molecule has 0 aliphatic heterocycles. The maximum Gasteiger partial charge on any atom is 0.522 e. The summed E-state index contributed by atoms with van der Waals surface area (Å²) in [5.41, 5.74) is 8.02. The first-order chi connectivity index (χ1) is 10.6. The maximum atomic E-state index is 12.1. The summed E-state index contributed by atoms with van der Waals surface area (Å²) in [5, 5.41) is 5.60. The Morgan fingerprint density at radius 3 is 2.73 bits per heavy atom. The van der Waals surface area contributed by atoms with E-state index < -0.39 is 7.05 Å². The SMILES string of the molecule is Cc1ccc(B(NC(=O)NC2CCCCC2)OC=O)cc1N. The number of nitrogens with two attached hydrogens (primary N) is 1. The molecule has 0 unspecified atom stereocenters. The highest BCUT2D eigenvalue weighted by Gasteiger charge is 2.26. The van der Waals surface area contributed by atoms with Gasteiger partial charge >= 0.3 is 13.1 Å². The van der Waals surface area contributed by atoms with Crippen LogP contribution in [0.25, 0.3) is 0 Å². The molecule has 1 fully saturated rings. The molecule has 1 aromatic rings. The van der Waals surface area contributed by atoms with Gasteiger partial charge in [0.2, 0.25) is 0 Å². The van der Waals surface area contributed by atoms with Crippen LogP contribution in [0.2, 0.25) is 0 Å². The molecular weight excluding hydrogens is 281 g/mol. The highest BCUT2D eigenvalue weighted by molar-refractivity contribution is 6.68. The number of amides is 2. The number of hydrogen-bond acceptors (Lipinski definition) is 4. The Labute approximate surface area is 130 Å². The lowest BCUT2D eigenvalue weighted by Crippen LogP contribution is -2.55. The number of aryl methyl sites for hydroxylation is 1. The van der Waals surface area contributed by atoms with Gasteiger partial charge in [-0.15, -0.1) is 0 Å². The summed E-state index contributed by atoms with van der Waals surface area (Å²) in [6.45, 7) is 2.21. The molecule has 0 atom stereocenters. The van der Waals surface area contributed by atoms with Crippen molar-refractivity contribution < 1.29 is 14.2 Å². The number of carbonyl (C=O) groups is 2. The molecule has 0 heterocycles. The van der Waals surface area contributed by atoms with Crippen molar-refractivity contribution in [3.8, 4) is 0 Å². The van der Waals surface area contributed by atoms with E-state index in [1.807, 2.05) is 13.0 Å². The van der Waals surface area contributed by atoms with Crippen molar-refractivity contribution in [1.29, 1.82) is 0 Å². The normalized spacial score (nSPS) is 15.0. The third-order valence-corrected chi connectivity index (χ3v) is 4.00. The number of nitrogens with one attached hydrogen (secondary N) is 2. The molecule has 0 bridgehead atoms. The van der Waals surface area contributed by atoms with Gasteiger partial charge in [-0.1, -0.05) is 31.4 Å². The predicted octanol–water partition coefficient (Wildman–Crippen LogP) is 1.08. The van der Waals surface area contributed by atoms with Gasteiger partial charge in [-0.2, -0.15) is 0 Å². The molecule has 6 nitrogen and oxygen atoms in total. The maximum absolute atomic E-state index is 12.1. The average Bonchev–Trinajstić information content (AvgIpc) is 2.50. The molecule has 1 aromatic carbocycles. The zero-order valence-corrected chi connectivity index (χ0v) is 12.8. The molecule has 0 radical (unpaired) electrons. The summed E-state index contributed by atoms with van der Waals surface area (Å²) < 4.78 is 4.97. The first kappa shape index (κ1) is 16.2. The summed E-state index contributed by atoms with van der Waals surface area (Å²) in [6.07, 6.45) is 5.47. The largest absolute Gasteiger partial charge is 0.522 e. The summed E-state index contributed by atoms with van der Waals surface area (Å²) in [5.74, 6) is 0. The number of hydrogen-bond donors (Lipinski definition) is 3. The van der Waals surface area contributed by atoms with Crippen LogP contribution in [0.4, 0.5) is 10.5 Å². The van der Waals surface area contributed by atoms with E-state index in [4.69, 9.17) is 10.4 Å². The van der Waals surface area contributed by atoms with Gasteiger partial charge in [0.15, 0.2) is 0 Å². The number of rotatable bonds is 5. The van der Waals surface area contributed by atoms with Crippen LogP contribution in [-0.2, 0) is 9.45 Å². The first-order valence-corrected chi connectivity index (χ1v) is 7.62. The van der Waals surface area contributed by atoms with Crippen LogP contribution in [0.15, 0.2) is 18.2 Å². The van der Waals surface area contributed by atoms with E-state index in [2.05, 4.69) is 10.5 Å². The zero-order chi connectivity index (χ0) is 15.9. The standard InChI is InChI=1S/C15H22BN3O3/c1-11-7-8-12(9-14(11)17)16(22-10-20)19-15(21)18-13-5-3-2-4-6-13/h7-10,13H,2-6,17H2,1H3,(H2,18,19,21). The quantitative estimate of drug-likeness (QED) is 0.431. The molecule has 4 N–H and O–H groups in total. The number of nitrogen functional groups attached to an aromatic ring is 1. The van der Waals surface area contributed by atoms with Crippen LogP contribution in [0.5, 0.6) is 0 Å². The van der Waals surface area contributed by atoms with E-state index in [0.717, 1.165) is 31.2 Å². The van der Waals surface area contributed by atoms with Gasteiger partial charge in [-0.25, -0.2) is 0 Å². The van der Waals surface area contributed by atoms with E-state index in [1.54, 1.807) is 12.1 Å². The lowest BCUT2D eigenvalue weighted by atomic mass is 9.73. The lowest BCUT2D eigenvalue weighted by Gasteiger charge is -2.23. The van der Waals surface area contributed by atoms with E-state index in [-0.39, 0.29) is 12.1 Å². The second-order valence-corrected chi connectivity index (χ2v) is 5.68. The van der Waals surface area contributed by atoms with Crippen molar-refractivity contribution in [2.45, 2.75) is 45.1 Å². The van der Waals surface area contributed by atoms with Crippen LogP contribution < -0.4 is 21.7 Å². The molecule has 22 heavy (non-hydrogen) atoms. The van der Waals surface area contributed by atoms with Crippen molar-refractivity contribution in [1.82, 2.24) is 10.5 Å². The summed E-state index contributed by atoms with van der Waals surface area (Å²) in [7, 11) is -0.844. The molecule has 1 aliphatic rings. The molecule has 0 spiro atoms. The summed E-state index contributed by atoms with van der Waals surface area (Å²) in [6, 6.07) is 5.16. The van der Waals surface area contributed by atoms with Gasteiger partial charge in [0.25, 0.3) is 6.47 Å². The van der Waals surface area contributed by atoms with Gasteiger partial charge in [-0.05, 0) is 36.9 Å². The third-order valence-electron chi connectivity index (χ3n) is 4.00. The van der Waals surface area contributed by atoms with Crippen LogP contribution in [0.3, 0.4) is 0 Å². The molecule has 0 aromatic heterocycles. The molecule has 118 valence electrons. The molecule has 1 saturated carbocycles. The van der Waals surface area contributed by atoms with E-state index in [1.165, 1.54) is 6.42 Å². The minimum atomic E-state index is -0.844. The minimum Gasteiger partial charge on any atom is -0.513 e. The van der Waals surface area contributed by atoms with Gasteiger partial charge in [0.1, 0.15) is 0 Å². The molecule has 1 aliphatic carbocycles. The van der Waals surface area contributed by atoms with Gasteiger partial charge in [0.05, 0.1) is 0 Å². The van der Waals surface area contributed by atoms with Crippen molar-refractivity contribution in [3.63, 3.8) is 0 Å². The van der Waals surface area contributed by atoms with Crippen LogP contribution >= 0.6 is 0 Å². The number of anilines is 1. The first-order valence-electron chi connectivity index (χ1n) is 7.62. The predicted molar refractivity (Wildman–Crippen MR) is 86.7 cm³/mol. The zero-order valence-electron chi connectivity index (χ0n) is 12.8. The number of carbonyl (C=O) groups excluding carboxylic acids is 2. The molecular formula is C15H22BN3O3. The van der Waals surface area contributed by atoms with Crippen LogP contribution in [0.1, 0.15) is 37.7 Å². The van der Waals surface area contributed by atoms with Crippen molar-refractivity contribution >= 4 is 30.7 Å². The monoisotopic (exact) mass is 303 g/mol. The van der Waals surface area contributed by atoms with E-state index in [0.29, 0.717) is 17.6 Å². The fraction of sp³-hybridized carbons (Fsp3) is 0.467. The minimum absolute atomic E-state index is 0.189. The van der Waals surface area contributed by atoms with Crippen molar-refractivity contribution in [3.05, 3.63) is 23.8 Å². The Morgan fingerprint density at radius 1 is 1.36 bits per heavy atom. The van der Waals surface area contributed by atoms with E-state index >= 15 is 0 Å². The second kappa shape index (κ2) is 7.73. The molecule has 2 amide bonds. The second-order valence-electron chi connectivity index (χ2n) is 5.68. The van der Waals surface area contributed by atoms with Gasteiger partial charge < -0.3 is 20.9 Å². The van der Waals surface area contributed by atoms with Crippen LogP contribution in [0, 0.1) is 6.92 Å². The smallest absolute Gasteiger partial charge is 0.513 e. The molecule has 0 saturated heterocycles. The Morgan fingerprint density at radius 2 is 2.09 bits per heavy atom. The molecule has 7 heteroatoms. The Bertz CT molecular complexity index is 533. The number of benzene rings is 1. The van der Waals surface area contributed by atoms with E-state index in [9.17, 15) is 9.59 Å². The summed E-state index contributed by atoms with van der Waals surface area (Å²) in [4.78, 5) is 22.8. The highest BCUT2D eigenvalue weighted by Crippen LogP contribution is 2.17. The molecule has 2 rings (SSSR count). The average molecular weight is 303 g/mol.